The summed E-state index contributed by atoms with van der Waals surface area (Å²) in [6.07, 6.45) is 0.858. The van der Waals surface area contributed by atoms with E-state index >= 15 is 0 Å². The predicted molar refractivity (Wildman–Crippen MR) is 51.3 cm³/mol. The van der Waals surface area contributed by atoms with Gasteiger partial charge in [0.2, 0.25) is 5.28 Å². The molecule has 1 aromatic heterocycles. The van der Waals surface area contributed by atoms with Gasteiger partial charge >= 0.3 is 6.09 Å². The van der Waals surface area contributed by atoms with E-state index in [2.05, 4.69) is 15.3 Å². The van der Waals surface area contributed by atoms with E-state index in [1.54, 1.807) is 0 Å². The van der Waals surface area contributed by atoms with Crippen LogP contribution < -0.4 is 5.32 Å². The maximum atomic E-state index is 10.7. The average Bonchev–Trinajstić information content (AvgIpc) is 2.16. The number of aromatic nitrogens is 2. The molecule has 14 heavy (non-hydrogen) atoms. The molecule has 1 aromatic rings. The summed E-state index contributed by atoms with van der Waals surface area (Å²) in [5.74, 6) is 0. The summed E-state index contributed by atoms with van der Waals surface area (Å²) in [5.41, 5.74) is 0.500. The number of carbonyl (C=O) groups excluding carboxylic acids is 1. The highest BCUT2D eigenvalue weighted by molar-refractivity contribution is 6.32. The van der Waals surface area contributed by atoms with Crippen molar-refractivity contribution < 1.29 is 9.53 Å². The SMILES string of the molecule is CNC(=O)OCc1cnc(Cl)nc1Cl. The van der Waals surface area contributed by atoms with Gasteiger partial charge in [0.15, 0.2) is 0 Å². The lowest BCUT2D eigenvalue weighted by molar-refractivity contribution is 0.142. The van der Waals surface area contributed by atoms with Crippen LogP contribution in [0, 0.1) is 0 Å². The molecule has 1 amide bonds. The third-order valence-electron chi connectivity index (χ3n) is 1.35. The first kappa shape index (κ1) is 11.0. The van der Waals surface area contributed by atoms with Crippen molar-refractivity contribution in [3.8, 4) is 0 Å². The van der Waals surface area contributed by atoms with Crippen LogP contribution in [0.2, 0.25) is 10.4 Å². The lowest BCUT2D eigenvalue weighted by atomic mass is 10.4. The molecule has 1 heterocycles. The molecule has 1 rings (SSSR count). The van der Waals surface area contributed by atoms with Gasteiger partial charge < -0.3 is 10.1 Å². The summed E-state index contributed by atoms with van der Waals surface area (Å²) >= 11 is 11.2. The second-order valence-corrected chi connectivity index (χ2v) is 2.98. The fraction of sp³-hybridized carbons (Fsp3) is 0.286. The molecule has 0 bridgehead atoms. The maximum Gasteiger partial charge on any atom is 0.407 e. The second kappa shape index (κ2) is 4.97. The molecule has 0 saturated carbocycles. The third-order valence-corrected chi connectivity index (χ3v) is 1.85. The lowest BCUT2D eigenvalue weighted by Gasteiger charge is -2.04. The highest BCUT2D eigenvalue weighted by Crippen LogP contribution is 2.14. The van der Waals surface area contributed by atoms with Crippen LogP contribution in [-0.4, -0.2) is 23.1 Å². The quantitative estimate of drug-likeness (QED) is 0.626. The van der Waals surface area contributed by atoms with Gasteiger partial charge in [0.1, 0.15) is 11.8 Å². The van der Waals surface area contributed by atoms with Crippen molar-refractivity contribution in [1.82, 2.24) is 15.3 Å². The zero-order valence-electron chi connectivity index (χ0n) is 7.25. The van der Waals surface area contributed by atoms with Crippen LogP contribution in [0.5, 0.6) is 0 Å². The Labute approximate surface area is 90.4 Å². The molecule has 0 spiro atoms. The number of rotatable bonds is 2. The topological polar surface area (TPSA) is 64.1 Å². The fourth-order valence-electron chi connectivity index (χ4n) is 0.678. The highest BCUT2D eigenvalue weighted by Gasteiger charge is 2.06. The first-order chi connectivity index (χ1) is 6.63. The zero-order valence-corrected chi connectivity index (χ0v) is 8.76. The number of nitrogens with one attached hydrogen (secondary N) is 1. The van der Waals surface area contributed by atoms with E-state index in [4.69, 9.17) is 27.9 Å². The van der Waals surface area contributed by atoms with Crippen LogP contribution >= 0.6 is 23.2 Å². The number of carbonyl (C=O) groups is 1. The summed E-state index contributed by atoms with van der Waals surface area (Å²) in [7, 11) is 1.46. The summed E-state index contributed by atoms with van der Waals surface area (Å²) < 4.78 is 4.74. The van der Waals surface area contributed by atoms with Crippen LogP contribution in [0.15, 0.2) is 6.20 Å². The second-order valence-electron chi connectivity index (χ2n) is 2.28. The van der Waals surface area contributed by atoms with Gasteiger partial charge in [0.25, 0.3) is 0 Å². The van der Waals surface area contributed by atoms with Gasteiger partial charge in [-0.05, 0) is 11.6 Å². The normalized spacial score (nSPS) is 9.64. The number of alkyl carbamates (subject to hydrolysis) is 1. The molecule has 0 aliphatic heterocycles. The third kappa shape index (κ3) is 3.01. The Morgan fingerprint density at radius 2 is 2.36 bits per heavy atom. The van der Waals surface area contributed by atoms with Gasteiger partial charge in [-0.1, -0.05) is 11.6 Å². The van der Waals surface area contributed by atoms with Gasteiger partial charge in [-0.3, -0.25) is 0 Å². The number of halogens is 2. The summed E-state index contributed by atoms with van der Waals surface area (Å²) in [4.78, 5) is 18.1. The minimum absolute atomic E-state index is 0.00960. The molecular formula is C7H7Cl2N3O2. The van der Waals surface area contributed by atoms with Gasteiger partial charge in [0, 0.05) is 18.8 Å². The molecule has 0 aliphatic rings. The highest BCUT2D eigenvalue weighted by atomic mass is 35.5. The Kier molecular flexibility index (Phi) is 3.91. The summed E-state index contributed by atoms with van der Waals surface area (Å²) in [5, 5.41) is 2.52. The van der Waals surface area contributed by atoms with Crippen LogP contribution in [0.3, 0.4) is 0 Å². The number of hydrogen-bond donors (Lipinski definition) is 1. The van der Waals surface area contributed by atoms with Crippen LogP contribution in [-0.2, 0) is 11.3 Å². The monoisotopic (exact) mass is 235 g/mol. The number of ether oxygens (including phenoxy) is 1. The van der Waals surface area contributed by atoms with Crippen LogP contribution in [0.25, 0.3) is 0 Å². The molecule has 76 valence electrons. The van der Waals surface area contributed by atoms with Crippen molar-refractivity contribution in [2.75, 3.05) is 7.05 Å². The Hall–Kier alpha value is -1.07. The van der Waals surface area contributed by atoms with E-state index < -0.39 is 6.09 Å². The maximum absolute atomic E-state index is 10.7. The Bertz CT molecular complexity index is 346. The van der Waals surface area contributed by atoms with E-state index in [0.29, 0.717) is 5.56 Å². The minimum Gasteiger partial charge on any atom is -0.445 e. The number of hydrogen-bond acceptors (Lipinski definition) is 4. The Balaban J connectivity index is 2.63. The van der Waals surface area contributed by atoms with E-state index in [9.17, 15) is 4.79 Å². The van der Waals surface area contributed by atoms with Crippen molar-refractivity contribution in [2.24, 2.45) is 0 Å². The largest absolute Gasteiger partial charge is 0.445 e. The van der Waals surface area contributed by atoms with Gasteiger partial charge in [0.05, 0.1) is 0 Å². The van der Waals surface area contributed by atoms with E-state index in [0.717, 1.165) is 0 Å². The molecule has 0 unspecified atom stereocenters. The molecule has 0 aliphatic carbocycles. The molecule has 0 radical (unpaired) electrons. The Morgan fingerprint density at radius 1 is 1.64 bits per heavy atom. The zero-order chi connectivity index (χ0) is 10.6. The van der Waals surface area contributed by atoms with Gasteiger partial charge in [-0.15, -0.1) is 0 Å². The number of nitrogens with zero attached hydrogens (tertiary/aromatic N) is 2. The van der Waals surface area contributed by atoms with E-state index in [1.807, 2.05) is 0 Å². The van der Waals surface area contributed by atoms with Gasteiger partial charge in [-0.25, -0.2) is 14.8 Å². The molecule has 0 aromatic carbocycles. The summed E-state index contributed by atoms with van der Waals surface area (Å²) in [6, 6.07) is 0. The van der Waals surface area contributed by atoms with Crippen molar-refractivity contribution in [3.63, 3.8) is 0 Å². The average molecular weight is 236 g/mol. The molecule has 1 N–H and O–H groups in total. The molecule has 0 fully saturated rings. The lowest BCUT2D eigenvalue weighted by Crippen LogP contribution is -2.19. The van der Waals surface area contributed by atoms with Crippen LogP contribution in [0.4, 0.5) is 4.79 Å². The summed E-state index contributed by atoms with van der Waals surface area (Å²) in [6.45, 7) is 0.00960. The Morgan fingerprint density at radius 3 is 2.93 bits per heavy atom. The van der Waals surface area contributed by atoms with E-state index in [1.165, 1.54) is 13.2 Å². The molecule has 0 atom stereocenters. The smallest absolute Gasteiger partial charge is 0.407 e. The predicted octanol–water partition coefficient (Wildman–Crippen LogP) is 1.64. The van der Waals surface area contributed by atoms with Crippen molar-refractivity contribution >= 4 is 29.3 Å². The molecular weight excluding hydrogens is 229 g/mol. The molecule has 5 nitrogen and oxygen atoms in total. The first-order valence-electron chi connectivity index (χ1n) is 3.65. The number of amides is 1. The van der Waals surface area contributed by atoms with Crippen molar-refractivity contribution in [2.45, 2.75) is 6.61 Å². The van der Waals surface area contributed by atoms with Crippen LogP contribution in [0.1, 0.15) is 5.56 Å². The van der Waals surface area contributed by atoms with E-state index in [-0.39, 0.29) is 17.0 Å². The first-order valence-corrected chi connectivity index (χ1v) is 4.40. The minimum atomic E-state index is -0.545. The van der Waals surface area contributed by atoms with Gasteiger partial charge in [-0.2, -0.15) is 0 Å². The van der Waals surface area contributed by atoms with Crippen molar-refractivity contribution in [3.05, 3.63) is 22.2 Å². The fourth-order valence-corrected chi connectivity index (χ4v) is 1.04. The molecule has 7 heteroatoms. The standard InChI is InChI=1S/C7H7Cl2N3O2/c1-10-7(13)14-3-4-2-11-6(9)12-5(4)8/h2H,3H2,1H3,(H,10,13). The van der Waals surface area contributed by atoms with Crippen molar-refractivity contribution in [1.29, 1.82) is 0 Å². The molecule has 0 saturated heterocycles.